The number of aryl methyl sites for hydroxylation is 1. The minimum absolute atomic E-state index is 0.711. The number of hydrogen-bond donors (Lipinski definition) is 0. The molecule has 1 rings (SSSR count). The first-order valence-corrected chi connectivity index (χ1v) is 9.36. The van der Waals surface area contributed by atoms with Gasteiger partial charge in [0, 0.05) is 26.2 Å². The van der Waals surface area contributed by atoms with Crippen LogP contribution in [0.2, 0.25) is 0 Å². The normalized spacial score (nSPS) is 12.2. The van der Waals surface area contributed by atoms with Crippen molar-refractivity contribution in [3.8, 4) is 5.75 Å². The van der Waals surface area contributed by atoms with E-state index in [2.05, 4.69) is 37.0 Å². The molecule has 0 atom stereocenters. The topological polar surface area (TPSA) is 32.8 Å². The van der Waals surface area contributed by atoms with Gasteiger partial charge in [0.25, 0.3) is 0 Å². The molecule has 4 nitrogen and oxygen atoms in total. The quantitative estimate of drug-likeness (QED) is 0.688. The molecule has 21 heavy (non-hydrogen) atoms. The van der Waals surface area contributed by atoms with Gasteiger partial charge in [-0.1, -0.05) is 39.3 Å². The van der Waals surface area contributed by atoms with E-state index in [-0.39, 0.29) is 0 Å². The minimum atomic E-state index is -2.83. The van der Waals surface area contributed by atoms with Crippen molar-refractivity contribution in [3.63, 3.8) is 0 Å². The van der Waals surface area contributed by atoms with E-state index in [1.807, 2.05) is 25.1 Å². The highest BCUT2D eigenvalue weighted by atomic mass is 31.2. The molecule has 0 aliphatic carbocycles. The Labute approximate surface area is 129 Å². The number of nitrogens with zero attached hydrogens (tertiary/aromatic N) is 2. The molecule has 0 bridgehead atoms. The Morgan fingerprint density at radius 2 is 1.48 bits per heavy atom. The van der Waals surface area contributed by atoms with E-state index in [9.17, 15) is 4.57 Å². The second kappa shape index (κ2) is 7.98. The molecular formula is C16H29N2O2P. The van der Waals surface area contributed by atoms with E-state index in [0.717, 1.165) is 37.0 Å². The number of rotatable bonds is 8. The molecule has 0 aliphatic rings. The SMILES string of the molecule is CCN(CC)P(=O)(c1cc(C)ccc1OC)N(CC)CC. The molecule has 0 aromatic heterocycles. The van der Waals surface area contributed by atoms with Gasteiger partial charge in [-0.2, -0.15) is 0 Å². The van der Waals surface area contributed by atoms with Crippen molar-refractivity contribution in [2.75, 3.05) is 33.3 Å². The molecule has 5 heteroatoms. The molecule has 0 unspecified atom stereocenters. The van der Waals surface area contributed by atoms with Crippen LogP contribution in [0.4, 0.5) is 0 Å². The largest absolute Gasteiger partial charge is 0.496 e. The second-order valence-corrected chi connectivity index (χ2v) is 7.70. The smallest absolute Gasteiger partial charge is 0.249 e. The molecule has 0 saturated heterocycles. The lowest BCUT2D eigenvalue weighted by Crippen LogP contribution is -2.37. The summed E-state index contributed by atoms with van der Waals surface area (Å²) in [5.74, 6) is 0.711. The summed E-state index contributed by atoms with van der Waals surface area (Å²) in [7, 11) is -1.19. The van der Waals surface area contributed by atoms with Crippen molar-refractivity contribution in [1.82, 2.24) is 9.34 Å². The Kier molecular flexibility index (Phi) is 6.92. The zero-order valence-corrected chi connectivity index (χ0v) is 15.1. The van der Waals surface area contributed by atoms with E-state index in [4.69, 9.17) is 4.74 Å². The lowest BCUT2D eigenvalue weighted by molar-refractivity contribution is 0.365. The summed E-state index contributed by atoms with van der Waals surface area (Å²) in [6.07, 6.45) is 0. The average Bonchev–Trinajstić information content (AvgIpc) is 2.49. The Balaban J connectivity index is 3.57. The Bertz CT molecular complexity index is 481. The van der Waals surface area contributed by atoms with Crippen molar-refractivity contribution in [2.24, 2.45) is 0 Å². The first-order chi connectivity index (χ1) is 9.99. The minimum Gasteiger partial charge on any atom is -0.496 e. The van der Waals surface area contributed by atoms with Crippen molar-refractivity contribution >= 4 is 12.7 Å². The third-order valence-electron chi connectivity index (χ3n) is 3.88. The van der Waals surface area contributed by atoms with Crippen LogP contribution in [0.3, 0.4) is 0 Å². The van der Waals surface area contributed by atoms with Gasteiger partial charge >= 0.3 is 0 Å². The van der Waals surface area contributed by atoms with Gasteiger partial charge < -0.3 is 4.74 Å². The van der Waals surface area contributed by atoms with Crippen LogP contribution < -0.4 is 10.0 Å². The number of benzene rings is 1. The van der Waals surface area contributed by atoms with Gasteiger partial charge in [0.1, 0.15) is 5.75 Å². The Morgan fingerprint density at radius 1 is 1.00 bits per heavy atom. The van der Waals surface area contributed by atoms with Crippen molar-refractivity contribution < 1.29 is 9.30 Å². The van der Waals surface area contributed by atoms with Crippen LogP contribution in [0.5, 0.6) is 5.75 Å². The summed E-state index contributed by atoms with van der Waals surface area (Å²) in [6.45, 7) is 13.3. The molecule has 0 heterocycles. The lowest BCUT2D eigenvalue weighted by Gasteiger charge is -2.38. The monoisotopic (exact) mass is 312 g/mol. The van der Waals surface area contributed by atoms with Crippen LogP contribution in [-0.2, 0) is 4.57 Å². The van der Waals surface area contributed by atoms with Gasteiger partial charge in [-0.25, -0.2) is 9.34 Å². The molecule has 0 amide bonds. The maximum absolute atomic E-state index is 14.0. The second-order valence-electron chi connectivity index (χ2n) is 5.00. The zero-order chi connectivity index (χ0) is 16.0. The van der Waals surface area contributed by atoms with Gasteiger partial charge in [-0.05, 0) is 19.1 Å². The van der Waals surface area contributed by atoms with Gasteiger partial charge in [0.2, 0.25) is 7.44 Å². The maximum Gasteiger partial charge on any atom is 0.249 e. The van der Waals surface area contributed by atoms with Gasteiger partial charge in [0.05, 0.1) is 12.4 Å². The molecular weight excluding hydrogens is 283 g/mol. The maximum atomic E-state index is 14.0. The van der Waals surface area contributed by atoms with Crippen LogP contribution in [0.15, 0.2) is 18.2 Å². The summed E-state index contributed by atoms with van der Waals surface area (Å²) in [4.78, 5) is 0. The first-order valence-electron chi connectivity index (χ1n) is 7.75. The predicted octanol–water partition coefficient (Wildman–Crippen LogP) is 3.51. The molecule has 0 N–H and O–H groups in total. The van der Waals surface area contributed by atoms with Crippen molar-refractivity contribution in [1.29, 1.82) is 0 Å². The van der Waals surface area contributed by atoms with Gasteiger partial charge in [-0.15, -0.1) is 0 Å². The zero-order valence-electron chi connectivity index (χ0n) is 14.2. The van der Waals surface area contributed by atoms with Crippen LogP contribution >= 0.6 is 7.44 Å². The van der Waals surface area contributed by atoms with Gasteiger partial charge in [-0.3, -0.25) is 4.57 Å². The molecule has 120 valence electrons. The highest BCUT2D eigenvalue weighted by Crippen LogP contribution is 2.53. The fourth-order valence-corrected chi connectivity index (χ4v) is 6.05. The fourth-order valence-electron chi connectivity index (χ4n) is 2.73. The standard InChI is InChI=1S/C16H29N2O2P/c1-7-17(8-2)21(19,18(9-3)10-4)16-13-14(5)11-12-15(16)20-6/h11-13H,7-10H2,1-6H3. The van der Waals surface area contributed by atoms with Crippen molar-refractivity contribution in [2.45, 2.75) is 34.6 Å². The molecule has 1 aromatic carbocycles. The third kappa shape index (κ3) is 3.50. The molecule has 1 aromatic rings. The predicted molar refractivity (Wildman–Crippen MR) is 90.8 cm³/mol. The van der Waals surface area contributed by atoms with E-state index in [1.54, 1.807) is 7.11 Å². The van der Waals surface area contributed by atoms with Gasteiger partial charge in [0.15, 0.2) is 0 Å². The lowest BCUT2D eigenvalue weighted by atomic mass is 10.2. The summed E-state index contributed by atoms with van der Waals surface area (Å²) in [5, 5.41) is 0.817. The third-order valence-corrected chi connectivity index (χ3v) is 7.52. The Hall–Kier alpha value is -0.830. The summed E-state index contributed by atoms with van der Waals surface area (Å²) in [5.41, 5.74) is 1.10. The number of methoxy groups -OCH3 is 1. The highest BCUT2D eigenvalue weighted by molar-refractivity contribution is 7.67. The number of ether oxygens (including phenoxy) is 1. The molecule has 0 fully saturated rings. The number of hydrogen-bond acceptors (Lipinski definition) is 2. The first kappa shape index (κ1) is 18.2. The summed E-state index contributed by atoms with van der Waals surface area (Å²) >= 11 is 0. The van der Waals surface area contributed by atoms with E-state index < -0.39 is 7.44 Å². The average molecular weight is 312 g/mol. The molecule has 0 aliphatic heterocycles. The molecule has 0 spiro atoms. The van der Waals surface area contributed by atoms with E-state index in [1.165, 1.54) is 0 Å². The molecule has 0 radical (unpaired) electrons. The Morgan fingerprint density at radius 3 is 1.86 bits per heavy atom. The van der Waals surface area contributed by atoms with E-state index >= 15 is 0 Å². The fraction of sp³-hybridized carbons (Fsp3) is 0.625. The van der Waals surface area contributed by atoms with Crippen LogP contribution in [-0.4, -0.2) is 42.6 Å². The van der Waals surface area contributed by atoms with Crippen LogP contribution in [0, 0.1) is 6.92 Å². The van der Waals surface area contributed by atoms with Crippen LogP contribution in [0.25, 0.3) is 0 Å². The van der Waals surface area contributed by atoms with Crippen molar-refractivity contribution in [3.05, 3.63) is 23.8 Å². The highest BCUT2D eigenvalue weighted by Gasteiger charge is 2.38. The van der Waals surface area contributed by atoms with E-state index in [0.29, 0.717) is 5.75 Å². The molecule has 0 saturated carbocycles. The summed E-state index contributed by atoms with van der Waals surface area (Å²) in [6, 6.07) is 5.93. The summed E-state index contributed by atoms with van der Waals surface area (Å²) < 4.78 is 23.7. The van der Waals surface area contributed by atoms with Crippen LogP contribution in [0.1, 0.15) is 33.3 Å².